The molecule has 0 bridgehead atoms. The maximum Gasteiger partial charge on any atom is 0.328 e. The zero-order valence-corrected chi connectivity index (χ0v) is 10.6. The molecular weight excluding hydrogens is 252 g/mol. The van der Waals surface area contributed by atoms with E-state index >= 15 is 0 Å². The number of ether oxygens (including phenoxy) is 1. The molecule has 19 heavy (non-hydrogen) atoms. The number of carbonyl (C=O) groups excluding carboxylic acids is 1. The van der Waals surface area contributed by atoms with E-state index in [2.05, 4.69) is 10.6 Å². The van der Waals surface area contributed by atoms with Crippen molar-refractivity contribution >= 4 is 17.7 Å². The first-order valence-electron chi connectivity index (χ1n) is 5.53. The fourth-order valence-electron chi connectivity index (χ4n) is 1.42. The van der Waals surface area contributed by atoms with Crippen LogP contribution in [0, 0.1) is 6.92 Å². The second kappa shape index (κ2) is 6.60. The fourth-order valence-corrected chi connectivity index (χ4v) is 1.42. The van der Waals surface area contributed by atoms with Gasteiger partial charge in [-0.05, 0) is 24.6 Å². The summed E-state index contributed by atoms with van der Waals surface area (Å²) in [5.41, 5.74) is 1.33. The molecule has 0 saturated carbocycles. The third-order valence-electron chi connectivity index (χ3n) is 2.39. The van der Waals surface area contributed by atoms with E-state index in [0.29, 0.717) is 11.4 Å². The highest BCUT2D eigenvalue weighted by atomic mass is 16.5. The lowest BCUT2D eigenvalue weighted by atomic mass is 10.2. The Morgan fingerprint density at radius 1 is 1.42 bits per heavy atom. The highest BCUT2D eigenvalue weighted by Crippen LogP contribution is 2.24. The lowest BCUT2D eigenvalue weighted by molar-refractivity contribution is -0.140. The zero-order valence-electron chi connectivity index (χ0n) is 10.6. The van der Waals surface area contributed by atoms with E-state index in [-0.39, 0.29) is 0 Å². The van der Waals surface area contributed by atoms with Gasteiger partial charge in [-0.2, -0.15) is 0 Å². The van der Waals surface area contributed by atoms with E-state index in [9.17, 15) is 9.59 Å². The number of carboxylic acid groups (broad SMARTS) is 1. The van der Waals surface area contributed by atoms with Crippen molar-refractivity contribution in [2.24, 2.45) is 0 Å². The molecule has 0 spiro atoms. The van der Waals surface area contributed by atoms with Gasteiger partial charge in [0.2, 0.25) is 0 Å². The first kappa shape index (κ1) is 14.8. The standard InChI is InChI=1S/C12H16N2O5/c1-7-3-4-10(19-2)8(5-7)13-12(18)14-9(6-15)11(16)17/h3-5,9,15H,6H2,1-2H3,(H,16,17)(H2,13,14,18)/t9-/m1/s1. The van der Waals surface area contributed by atoms with Crippen molar-refractivity contribution in [3.63, 3.8) is 0 Å². The van der Waals surface area contributed by atoms with Gasteiger partial charge in [0, 0.05) is 0 Å². The summed E-state index contributed by atoms with van der Waals surface area (Å²) in [5, 5.41) is 22.1. The van der Waals surface area contributed by atoms with Crippen LogP contribution in [0.2, 0.25) is 0 Å². The Labute approximate surface area is 110 Å². The van der Waals surface area contributed by atoms with Gasteiger partial charge in [0.1, 0.15) is 5.75 Å². The number of rotatable bonds is 5. The van der Waals surface area contributed by atoms with Crippen molar-refractivity contribution in [1.82, 2.24) is 5.32 Å². The average Bonchev–Trinajstić information content (AvgIpc) is 2.35. The number of hydrogen-bond acceptors (Lipinski definition) is 4. The summed E-state index contributed by atoms with van der Waals surface area (Å²) < 4.78 is 5.07. The van der Waals surface area contributed by atoms with Crippen LogP contribution in [-0.2, 0) is 4.79 Å². The van der Waals surface area contributed by atoms with Crippen molar-refractivity contribution in [3.8, 4) is 5.75 Å². The van der Waals surface area contributed by atoms with Gasteiger partial charge >= 0.3 is 12.0 Å². The van der Waals surface area contributed by atoms with Crippen LogP contribution in [0.15, 0.2) is 18.2 Å². The van der Waals surface area contributed by atoms with Gasteiger partial charge in [0.15, 0.2) is 6.04 Å². The number of amides is 2. The van der Waals surface area contributed by atoms with Gasteiger partial charge in [-0.3, -0.25) is 0 Å². The topological polar surface area (TPSA) is 108 Å². The molecule has 2 amide bonds. The monoisotopic (exact) mass is 268 g/mol. The van der Waals surface area contributed by atoms with E-state index in [0.717, 1.165) is 5.56 Å². The quantitative estimate of drug-likeness (QED) is 0.624. The van der Waals surface area contributed by atoms with Gasteiger partial charge < -0.3 is 25.6 Å². The summed E-state index contributed by atoms with van der Waals surface area (Å²) in [4.78, 5) is 22.3. The van der Waals surface area contributed by atoms with E-state index in [1.54, 1.807) is 12.1 Å². The minimum Gasteiger partial charge on any atom is -0.495 e. The second-order valence-corrected chi connectivity index (χ2v) is 3.88. The molecule has 1 aromatic carbocycles. The number of nitrogens with one attached hydrogen (secondary N) is 2. The number of hydrogen-bond donors (Lipinski definition) is 4. The molecule has 1 atom stereocenters. The lowest BCUT2D eigenvalue weighted by Gasteiger charge is -2.14. The number of anilines is 1. The van der Waals surface area contributed by atoms with Crippen LogP contribution in [0.1, 0.15) is 5.56 Å². The fraction of sp³-hybridized carbons (Fsp3) is 0.333. The SMILES string of the molecule is COc1ccc(C)cc1NC(=O)N[C@H](CO)C(=O)O. The number of methoxy groups -OCH3 is 1. The van der Waals surface area contributed by atoms with Crippen LogP contribution < -0.4 is 15.4 Å². The number of aliphatic carboxylic acids is 1. The Balaban J connectivity index is 2.76. The molecule has 0 aliphatic rings. The number of aliphatic hydroxyl groups excluding tert-OH is 1. The third-order valence-corrected chi connectivity index (χ3v) is 2.39. The predicted octanol–water partition coefficient (Wildman–Crippen LogP) is 0.571. The molecule has 4 N–H and O–H groups in total. The van der Waals surface area contributed by atoms with Crippen molar-refractivity contribution in [1.29, 1.82) is 0 Å². The molecule has 7 heteroatoms. The van der Waals surface area contributed by atoms with Crippen LogP contribution in [0.4, 0.5) is 10.5 Å². The Kier molecular flexibility index (Phi) is 5.13. The van der Waals surface area contributed by atoms with Gasteiger partial charge in [0.05, 0.1) is 19.4 Å². The minimum atomic E-state index is -1.35. The highest BCUT2D eigenvalue weighted by Gasteiger charge is 2.19. The first-order valence-corrected chi connectivity index (χ1v) is 5.53. The summed E-state index contributed by atoms with van der Waals surface area (Å²) in [6.45, 7) is 1.16. The van der Waals surface area contributed by atoms with E-state index < -0.39 is 24.6 Å². The largest absolute Gasteiger partial charge is 0.495 e. The van der Waals surface area contributed by atoms with Crippen molar-refractivity contribution in [2.75, 3.05) is 19.0 Å². The Morgan fingerprint density at radius 3 is 2.63 bits per heavy atom. The number of carboxylic acids is 1. The third kappa shape index (κ3) is 4.14. The van der Waals surface area contributed by atoms with Gasteiger partial charge in [-0.25, -0.2) is 9.59 Å². The normalized spacial score (nSPS) is 11.5. The molecule has 0 aliphatic heterocycles. The number of carbonyl (C=O) groups is 2. The first-order chi connectivity index (χ1) is 8.97. The van der Waals surface area contributed by atoms with E-state index in [1.165, 1.54) is 7.11 Å². The number of aryl methyl sites for hydroxylation is 1. The number of aliphatic hydroxyl groups is 1. The molecular formula is C12H16N2O5. The summed E-state index contributed by atoms with van der Waals surface area (Å²) in [6, 6.07) is 3.11. The Bertz CT molecular complexity index is 475. The van der Waals surface area contributed by atoms with Crippen molar-refractivity contribution in [2.45, 2.75) is 13.0 Å². The van der Waals surface area contributed by atoms with Crippen LogP contribution >= 0.6 is 0 Å². The molecule has 0 fully saturated rings. The van der Waals surface area contributed by atoms with Gasteiger partial charge in [-0.15, -0.1) is 0 Å². The van der Waals surface area contributed by atoms with Crippen molar-refractivity contribution < 1.29 is 24.5 Å². The molecule has 0 aliphatic carbocycles. The molecule has 0 heterocycles. The predicted molar refractivity (Wildman–Crippen MR) is 68.4 cm³/mol. The molecule has 1 aromatic rings. The molecule has 0 radical (unpaired) electrons. The van der Waals surface area contributed by atoms with Crippen molar-refractivity contribution in [3.05, 3.63) is 23.8 Å². The van der Waals surface area contributed by atoms with Crippen LogP contribution in [0.3, 0.4) is 0 Å². The second-order valence-electron chi connectivity index (χ2n) is 3.88. The number of urea groups is 1. The molecule has 0 aromatic heterocycles. The molecule has 0 unspecified atom stereocenters. The minimum absolute atomic E-state index is 0.419. The van der Waals surface area contributed by atoms with Gasteiger partial charge in [0.25, 0.3) is 0 Å². The smallest absolute Gasteiger partial charge is 0.328 e. The van der Waals surface area contributed by atoms with Crippen LogP contribution in [0.25, 0.3) is 0 Å². The Morgan fingerprint density at radius 2 is 2.11 bits per heavy atom. The molecule has 0 saturated heterocycles. The zero-order chi connectivity index (χ0) is 14.4. The Hall–Kier alpha value is -2.28. The maximum atomic E-state index is 11.6. The molecule has 1 rings (SSSR count). The molecule has 7 nitrogen and oxygen atoms in total. The summed E-state index contributed by atoms with van der Waals surface area (Å²) >= 11 is 0. The maximum absolute atomic E-state index is 11.6. The summed E-state index contributed by atoms with van der Waals surface area (Å²) in [5.74, 6) is -0.856. The van der Waals surface area contributed by atoms with Crippen LogP contribution in [0.5, 0.6) is 5.75 Å². The summed E-state index contributed by atoms with van der Waals surface area (Å²) in [6.07, 6.45) is 0. The van der Waals surface area contributed by atoms with E-state index in [4.69, 9.17) is 14.9 Å². The number of benzene rings is 1. The average molecular weight is 268 g/mol. The van der Waals surface area contributed by atoms with Gasteiger partial charge in [-0.1, -0.05) is 6.07 Å². The highest BCUT2D eigenvalue weighted by molar-refractivity contribution is 5.93. The van der Waals surface area contributed by atoms with E-state index in [1.807, 2.05) is 13.0 Å². The molecule has 104 valence electrons. The summed E-state index contributed by atoms with van der Waals surface area (Å²) in [7, 11) is 1.46. The van der Waals surface area contributed by atoms with Crippen LogP contribution in [-0.4, -0.2) is 42.0 Å². The lowest BCUT2D eigenvalue weighted by Crippen LogP contribution is -2.45.